The van der Waals surface area contributed by atoms with Crippen LogP contribution >= 0.6 is 0 Å². The van der Waals surface area contributed by atoms with Gasteiger partial charge in [0, 0.05) is 28.4 Å². The minimum absolute atomic E-state index is 1.06. The van der Waals surface area contributed by atoms with E-state index in [1.807, 2.05) is 0 Å². The average molecular weight is 457 g/mol. The lowest BCUT2D eigenvalue weighted by Crippen LogP contribution is -3.06. The Labute approximate surface area is 183 Å². The van der Waals surface area contributed by atoms with Gasteiger partial charge in [0.1, 0.15) is 0 Å². The predicted octanol–water partition coefficient (Wildman–Crippen LogP) is 9.39. The van der Waals surface area contributed by atoms with Gasteiger partial charge in [-0.25, -0.2) is 0 Å². The minimum atomic E-state index is -1.06. The molecule has 1 aliphatic rings. The molecular formula is C24H56Si4. The first kappa shape index (κ1) is 26.9. The maximum absolute atomic E-state index is 2.57. The first-order chi connectivity index (χ1) is 13.5. The quantitative estimate of drug-likeness (QED) is 0.203. The van der Waals surface area contributed by atoms with E-state index < -0.39 is 28.4 Å². The van der Waals surface area contributed by atoms with Crippen LogP contribution in [0.15, 0.2) is 0 Å². The summed E-state index contributed by atoms with van der Waals surface area (Å²) in [6.07, 6.45) is 12.2. The Hall–Kier alpha value is 0.868. The zero-order chi connectivity index (χ0) is 21.3. The molecule has 0 unspecified atom stereocenters. The van der Waals surface area contributed by atoms with Gasteiger partial charge in [-0.2, -0.15) is 0 Å². The maximum atomic E-state index is 2.57. The van der Waals surface area contributed by atoms with Gasteiger partial charge < -0.3 is 0 Å². The average Bonchev–Trinajstić information content (AvgIpc) is 2.66. The highest BCUT2D eigenvalue weighted by Crippen LogP contribution is 2.66. The van der Waals surface area contributed by atoms with Crippen LogP contribution in [-0.2, 0) is 0 Å². The second-order valence-electron chi connectivity index (χ2n) is 10.3. The van der Waals surface area contributed by atoms with E-state index in [0.717, 1.165) is 0 Å². The van der Waals surface area contributed by atoms with Gasteiger partial charge in [-0.3, -0.25) is 0 Å². The van der Waals surface area contributed by atoms with Gasteiger partial charge in [-0.1, -0.05) is 155 Å². The molecule has 0 saturated carbocycles. The van der Waals surface area contributed by atoms with Crippen LogP contribution in [0.4, 0.5) is 0 Å². The van der Waals surface area contributed by atoms with Gasteiger partial charge in [0.2, 0.25) is 0 Å². The standard InChI is InChI=1S/C24H56Si4/c1-9-17-25(18-10-2)26(19-11-3,20-12-4)28(23-15-7,24-16-8)27(25,21-13-5)22-14-6/h9-24H2,1-8H3. The molecule has 0 aromatic heterocycles. The fraction of sp³-hybridized carbons (Fsp3) is 1.00. The van der Waals surface area contributed by atoms with Crippen molar-refractivity contribution in [3.8, 4) is 0 Å². The molecule has 1 fully saturated rings. The fourth-order valence-electron chi connectivity index (χ4n) is 9.51. The van der Waals surface area contributed by atoms with Crippen molar-refractivity contribution in [2.75, 3.05) is 0 Å². The molecule has 0 aromatic carbocycles. The molecule has 0 bridgehead atoms. The van der Waals surface area contributed by atoms with Crippen molar-refractivity contribution in [3.05, 3.63) is 0 Å². The molecule has 0 atom stereocenters. The second-order valence-corrected chi connectivity index (χ2v) is 52.0. The molecule has 0 aromatic rings. The van der Waals surface area contributed by atoms with E-state index in [1.54, 1.807) is 48.4 Å². The normalized spacial score (nSPS) is 21.4. The van der Waals surface area contributed by atoms with Crippen LogP contribution in [0.25, 0.3) is 0 Å². The van der Waals surface area contributed by atoms with Gasteiger partial charge in [0.15, 0.2) is 0 Å². The molecule has 0 radical (unpaired) electrons. The van der Waals surface area contributed by atoms with Crippen LogP contribution in [0.2, 0.25) is 48.4 Å². The van der Waals surface area contributed by atoms with Crippen LogP contribution in [0.5, 0.6) is 0 Å². The molecule has 0 aliphatic carbocycles. The lowest BCUT2D eigenvalue weighted by Gasteiger charge is -2.82. The van der Waals surface area contributed by atoms with E-state index in [2.05, 4.69) is 55.4 Å². The summed E-state index contributed by atoms with van der Waals surface area (Å²) < 4.78 is 0. The number of rotatable bonds is 16. The van der Waals surface area contributed by atoms with Crippen molar-refractivity contribution in [1.82, 2.24) is 0 Å². The summed E-state index contributed by atoms with van der Waals surface area (Å²) in [4.78, 5) is 0. The first-order valence-electron chi connectivity index (χ1n) is 13.5. The van der Waals surface area contributed by atoms with Crippen LogP contribution in [0, 0.1) is 0 Å². The number of hydrogen-bond donors (Lipinski definition) is 0. The Bertz CT molecular complexity index is 314. The lowest BCUT2D eigenvalue weighted by molar-refractivity contribution is 0.927. The largest absolute Gasteiger partial charge is 0.0657 e. The van der Waals surface area contributed by atoms with E-state index in [-0.39, 0.29) is 0 Å². The van der Waals surface area contributed by atoms with Crippen molar-refractivity contribution in [1.29, 1.82) is 0 Å². The molecule has 1 rings (SSSR count). The summed E-state index contributed by atoms with van der Waals surface area (Å²) in [7, 11) is -4.23. The summed E-state index contributed by atoms with van der Waals surface area (Å²) in [6, 6.07) is 14.2. The van der Waals surface area contributed by atoms with Crippen molar-refractivity contribution in [2.45, 2.75) is 155 Å². The molecule has 1 heterocycles. The Morgan fingerprint density at radius 3 is 0.429 bits per heavy atom. The van der Waals surface area contributed by atoms with Crippen molar-refractivity contribution >= 4 is 28.4 Å². The van der Waals surface area contributed by atoms with Crippen LogP contribution in [-0.4, -0.2) is 28.4 Å². The summed E-state index contributed by atoms with van der Waals surface area (Å²) in [5, 5.41) is 0. The van der Waals surface area contributed by atoms with Gasteiger partial charge in [-0.05, 0) is 0 Å². The number of hydrogen-bond acceptors (Lipinski definition) is 0. The third-order valence-corrected chi connectivity index (χ3v) is 105. The molecule has 28 heavy (non-hydrogen) atoms. The van der Waals surface area contributed by atoms with Gasteiger partial charge in [0.05, 0.1) is 0 Å². The highest BCUT2D eigenvalue weighted by Gasteiger charge is 2.85. The maximum Gasteiger partial charge on any atom is 0.0377 e. The molecule has 168 valence electrons. The molecule has 0 spiro atoms. The molecule has 0 N–H and O–H groups in total. The molecule has 4 heteroatoms. The highest BCUT2D eigenvalue weighted by molar-refractivity contribution is 8.14. The van der Waals surface area contributed by atoms with Crippen molar-refractivity contribution in [3.63, 3.8) is 0 Å². The molecular weight excluding hydrogens is 401 g/mol. The summed E-state index contributed by atoms with van der Waals surface area (Å²) in [5.41, 5.74) is 0. The van der Waals surface area contributed by atoms with Gasteiger partial charge >= 0.3 is 0 Å². The Balaban J connectivity index is 3.89. The van der Waals surface area contributed by atoms with Crippen LogP contribution < -0.4 is 0 Å². The Morgan fingerprint density at radius 1 is 0.250 bits per heavy atom. The topological polar surface area (TPSA) is 0 Å². The van der Waals surface area contributed by atoms with Crippen LogP contribution in [0.1, 0.15) is 107 Å². The summed E-state index contributed by atoms with van der Waals surface area (Å²) >= 11 is 0. The van der Waals surface area contributed by atoms with Gasteiger partial charge in [-0.15, -0.1) is 0 Å². The molecule has 0 amide bonds. The van der Waals surface area contributed by atoms with E-state index in [0.29, 0.717) is 0 Å². The first-order valence-corrected chi connectivity index (χ1v) is 27.1. The van der Waals surface area contributed by atoms with Crippen molar-refractivity contribution < 1.29 is 0 Å². The van der Waals surface area contributed by atoms with E-state index in [1.165, 1.54) is 51.4 Å². The van der Waals surface area contributed by atoms with Crippen LogP contribution in [0.3, 0.4) is 0 Å². The van der Waals surface area contributed by atoms with E-state index in [9.17, 15) is 0 Å². The Kier molecular flexibility index (Phi) is 11.6. The second kappa shape index (κ2) is 12.0. The third kappa shape index (κ3) is 3.79. The molecule has 0 nitrogen and oxygen atoms in total. The fourth-order valence-corrected chi connectivity index (χ4v) is 166. The minimum Gasteiger partial charge on any atom is -0.0657 e. The highest BCUT2D eigenvalue weighted by atomic mass is 30.2. The van der Waals surface area contributed by atoms with Gasteiger partial charge in [0.25, 0.3) is 0 Å². The third-order valence-electron chi connectivity index (χ3n) is 9.08. The molecule has 1 aliphatic heterocycles. The smallest absolute Gasteiger partial charge is 0.0377 e. The SMILES string of the molecule is CCC[Si]1(CCC)[Si](CCC)(CCC)[Si](CCC)(CCC)[Si]1(CCC)CCC. The summed E-state index contributed by atoms with van der Waals surface area (Å²) in [6.45, 7) is 20.6. The Morgan fingerprint density at radius 2 is 0.357 bits per heavy atom. The zero-order valence-electron chi connectivity index (χ0n) is 21.3. The zero-order valence-corrected chi connectivity index (χ0v) is 25.3. The monoisotopic (exact) mass is 456 g/mol. The van der Waals surface area contributed by atoms with E-state index in [4.69, 9.17) is 0 Å². The lowest BCUT2D eigenvalue weighted by atomic mass is 10.6. The predicted molar refractivity (Wildman–Crippen MR) is 144 cm³/mol. The van der Waals surface area contributed by atoms with E-state index >= 15 is 0 Å². The summed E-state index contributed by atoms with van der Waals surface area (Å²) in [5.74, 6) is 0. The van der Waals surface area contributed by atoms with Crippen molar-refractivity contribution in [2.24, 2.45) is 0 Å². The molecule has 1 saturated heterocycles.